The van der Waals surface area contributed by atoms with E-state index in [1.165, 1.54) is 0 Å². The zero-order valence-electron chi connectivity index (χ0n) is 17.1. The molecule has 0 spiro atoms. The number of hydrogen-bond acceptors (Lipinski definition) is 5. The predicted octanol–water partition coefficient (Wildman–Crippen LogP) is 4.14. The zero-order valence-corrected chi connectivity index (χ0v) is 17.1. The lowest BCUT2D eigenvalue weighted by Gasteiger charge is -2.21. The second-order valence-corrected chi connectivity index (χ2v) is 6.64. The van der Waals surface area contributed by atoms with E-state index in [9.17, 15) is 4.79 Å². The van der Waals surface area contributed by atoms with E-state index in [0.717, 1.165) is 17.1 Å². The maximum Gasteiger partial charge on any atom is 0.255 e. The Bertz CT molecular complexity index is 959. The van der Waals surface area contributed by atoms with Crippen LogP contribution in [0.2, 0.25) is 0 Å². The van der Waals surface area contributed by atoms with Gasteiger partial charge in [0.2, 0.25) is 0 Å². The second kappa shape index (κ2) is 9.10. The van der Waals surface area contributed by atoms with Gasteiger partial charge in [-0.3, -0.25) is 4.79 Å². The van der Waals surface area contributed by atoms with Crippen LogP contribution >= 0.6 is 0 Å². The highest BCUT2D eigenvalue weighted by molar-refractivity contribution is 5.94. The van der Waals surface area contributed by atoms with Crippen LogP contribution in [0.3, 0.4) is 0 Å². The fraction of sp³-hybridized carbons (Fsp3) is 0.217. The van der Waals surface area contributed by atoms with Crippen LogP contribution in [0.25, 0.3) is 0 Å². The van der Waals surface area contributed by atoms with Gasteiger partial charge in [-0.2, -0.15) is 0 Å². The van der Waals surface area contributed by atoms with Gasteiger partial charge in [-0.1, -0.05) is 18.2 Å². The number of methoxy groups -OCH3 is 2. The molecule has 1 aromatic heterocycles. The number of amides is 1. The van der Waals surface area contributed by atoms with Gasteiger partial charge in [0, 0.05) is 44.2 Å². The summed E-state index contributed by atoms with van der Waals surface area (Å²) in [7, 11) is 6.92. The average Bonchev–Trinajstić information content (AvgIpc) is 2.79. The van der Waals surface area contributed by atoms with Crippen molar-refractivity contribution in [3.05, 3.63) is 78.0 Å². The molecule has 0 saturated heterocycles. The summed E-state index contributed by atoms with van der Waals surface area (Å²) >= 11 is 0. The van der Waals surface area contributed by atoms with Gasteiger partial charge >= 0.3 is 0 Å². The highest BCUT2D eigenvalue weighted by atomic mass is 16.5. The topological polar surface area (TPSA) is 54.9 Å². The summed E-state index contributed by atoms with van der Waals surface area (Å²) in [5.74, 6) is 2.06. The van der Waals surface area contributed by atoms with Crippen molar-refractivity contribution in [3.8, 4) is 11.5 Å². The molecule has 0 fully saturated rings. The van der Waals surface area contributed by atoms with Crippen molar-refractivity contribution < 1.29 is 14.3 Å². The lowest BCUT2D eigenvalue weighted by atomic mass is 10.1. The molecule has 3 rings (SSSR count). The molecule has 29 heavy (non-hydrogen) atoms. The quantitative estimate of drug-likeness (QED) is 0.606. The number of nitrogens with zero attached hydrogens (tertiary/aromatic N) is 3. The Balaban J connectivity index is 1.72. The molecule has 0 unspecified atom stereocenters. The van der Waals surface area contributed by atoms with E-state index in [0.29, 0.717) is 23.6 Å². The minimum absolute atomic E-state index is 0.107. The van der Waals surface area contributed by atoms with Crippen LogP contribution in [0.15, 0.2) is 66.9 Å². The van der Waals surface area contributed by atoms with Crippen LogP contribution < -0.4 is 14.4 Å². The third kappa shape index (κ3) is 4.66. The predicted molar refractivity (Wildman–Crippen MR) is 114 cm³/mol. The first-order valence-electron chi connectivity index (χ1n) is 9.24. The standard InChI is InChI=1S/C23H25N3O3/c1-25(16-18-10-12-20(28-3)14-21(18)29-4)23(27)17-11-13-22(24-15-17)26(2)19-8-6-5-7-9-19/h5-15H,16H2,1-4H3. The van der Waals surface area contributed by atoms with E-state index in [-0.39, 0.29) is 5.91 Å². The van der Waals surface area contributed by atoms with E-state index in [2.05, 4.69) is 4.98 Å². The van der Waals surface area contributed by atoms with Gasteiger partial charge in [-0.05, 0) is 36.4 Å². The van der Waals surface area contributed by atoms with Crippen LogP contribution in [0.1, 0.15) is 15.9 Å². The van der Waals surface area contributed by atoms with Crippen molar-refractivity contribution in [1.82, 2.24) is 9.88 Å². The SMILES string of the molecule is COc1ccc(CN(C)C(=O)c2ccc(N(C)c3ccccc3)nc2)c(OC)c1. The Morgan fingerprint density at radius 3 is 2.34 bits per heavy atom. The first-order valence-corrected chi connectivity index (χ1v) is 9.24. The molecule has 6 nitrogen and oxygen atoms in total. The maximum atomic E-state index is 12.8. The van der Waals surface area contributed by atoms with Crippen LogP contribution in [0, 0.1) is 0 Å². The Morgan fingerprint density at radius 1 is 0.966 bits per heavy atom. The fourth-order valence-electron chi connectivity index (χ4n) is 3.03. The largest absolute Gasteiger partial charge is 0.497 e. The van der Waals surface area contributed by atoms with Gasteiger partial charge in [0.15, 0.2) is 0 Å². The first kappa shape index (κ1) is 20.2. The van der Waals surface area contributed by atoms with E-state index in [1.54, 1.807) is 38.4 Å². The molecule has 0 saturated carbocycles. The molecule has 0 aliphatic carbocycles. The van der Waals surface area contributed by atoms with E-state index >= 15 is 0 Å². The molecule has 0 radical (unpaired) electrons. The number of pyridine rings is 1. The van der Waals surface area contributed by atoms with Crippen LogP contribution in [0.5, 0.6) is 11.5 Å². The molecule has 0 aliphatic rings. The van der Waals surface area contributed by atoms with Crippen molar-refractivity contribution in [2.45, 2.75) is 6.54 Å². The van der Waals surface area contributed by atoms with Gasteiger partial charge < -0.3 is 19.3 Å². The highest BCUT2D eigenvalue weighted by Crippen LogP contribution is 2.26. The van der Waals surface area contributed by atoms with Crippen molar-refractivity contribution in [1.29, 1.82) is 0 Å². The van der Waals surface area contributed by atoms with Gasteiger partial charge in [-0.25, -0.2) is 4.98 Å². The summed E-state index contributed by atoms with van der Waals surface area (Å²) in [6.45, 7) is 0.414. The fourth-order valence-corrected chi connectivity index (χ4v) is 3.03. The van der Waals surface area contributed by atoms with Crippen molar-refractivity contribution in [2.75, 3.05) is 33.2 Å². The maximum absolute atomic E-state index is 12.8. The van der Waals surface area contributed by atoms with E-state index in [4.69, 9.17) is 9.47 Å². The summed E-state index contributed by atoms with van der Waals surface area (Å²) in [6, 6.07) is 19.2. The minimum Gasteiger partial charge on any atom is -0.497 e. The Hall–Kier alpha value is -3.54. The molecule has 150 valence electrons. The molecule has 0 atom stereocenters. The second-order valence-electron chi connectivity index (χ2n) is 6.64. The van der Waals surface area contributed by atoms with Gasteiger partial charge in [0.1, 0.15) is 17.3 Å². The number of carbonyl (C=O) groups excluding carboxylic acids is 1. The molecular weight excluding hydrogens is 366 g/mol. The average molecular weight is 391 g/mol. The Morgan fingerprint density at radius 2 is 1.72 bits per heavy atom. The molecule has 1 amide bonds. The summed E-state index contributed by atoms with van der Waals surface area (Å²) in [4.78, 5) is 20.9. The highest BCUT2D eigenvalue weighted by Gasteiger charge is 2.16. The summed E-state index contributed by atoms with van der Waals surface area (Å²) < 4.78 is 10.6. The lowest BCUT2D eigenvalue weighted by molar-refractivity contribution is 0.0784. The molecule has 3 aromatic rings. The molecule has 0 N–H and O–H groups in total. The molecule has 0 bridgehead atoms. The molecule has 1 heterocycles. The third-order valence-corrected chi connectivity index (χ3v) is 4.73. The van der Waals surface area contributed by atoms with Gasteiger partial charge in [0.25, 0.3) is 5.91 Å². The molecular formula is C23H25N3O3. The third-order valence-electron chi connectivity index (χ3n) is 4.73. The molecule has 2 aromatic carbocycles. The number of carbonyl (C=O) groups is 1. The minimum atomic E-state index is -0.107. The number of aromatic nitrogens is 1. The monoisotopic (exact) mass is 391 g/mol. The Labute approximate surface area is 171 Å². The van der Waals surface area contributed by atoms with Crippen LogP contribution in [0.4, 0.5) is 11.5 Å². The number of hydrogen-bond donors (Lipinski definition) is 0. The summed E-state index contributed by atoms with van der Waals surface area (Å²) in [6.07, 6.45) is 1.61. The number of para-hydroxylation sites is 1. The number of anilines is 2. The number of rotatable bonds is 7. The van der Waals surface area contributed by atoms with Crippen LogP contribution in [-0.4, -0.2) is 44.1 Å². The van der Waals surface area contributed by atoms with Gasteiger partial charge in [0.05, 0.1) is 19.8 Å². The summed E-state index contributed by atoms with van der Waals surface area (Å²) in [5.41, 5.74) is 2.46. The Kier molecular flexibility index (Phi) is 6.34. The van der Waals surface area contributed by atoms with Crippen molar-refractivity contribution in [3.63, 3.8) is 0 Å². The molecule has 0 aliphatic heterocycles. The van der Waals surface area contributed by atoms with Crippen molar-refractivity contribution in [2.24, 2.45) is 0 Å². The first-order chi connectivity index (χ1) is 14.0. The lowest BCUT2D eigenvalue weighted by Crippen LogP contribution is -2.26. The van der Waals surface area contributed by atoms with E-state index < -0.39 is 0 Å². The number of ether oxygens (including phenoxy) is 2. The number of benzene rings is 2. The normalized spacial score (nSPS) is 10.3. The van der Waals surface area contributed by atoms with Crippen molar-refractivity contribution >= 4 is 17.4 Å². The van der Waals surface area contributed by atoms with Crippen LogP contribution in [-0.2, 0) is 6.54 Å². The summed E-state index contributed by atoms with van der Waals surface area (Å²) in [5, 5.41) is 0. The zero-order chi connectivity index (χ0) is 20.8. The van der Waals surface area contributed by atoms with Gasteiger partial charge in [-0.15, -0.1) is 0 Å². The van der Waals surface area contributed by atoms with E-state index in [1.807, 2.05) is 66.5 Å². The molecule has 6 heteroatoms. The smallest absolute Gasteiger partial charge is 0.255 e.